The fourth-order valence-electron chi connectivity index (χ4n) is 1.05. The van der Waals surface area contributed by atoms with Gasteiger partial charge in [0.1, 0.15) is 11.6 Å². The second kappa shape index (κ2) is 3.92. The zero-order chi connectivity index (χ0) is 10.8. The van der Waals surface area contributed by atoms with E-state index < -0.39 is 0 Å². The predicted octanol–water partition coefficient (Wildman–Crippen LogP) is 0.992. The van der Waals surface area contributed by atoms with E-state index in [1.54, 1.807) is 6.20 Å². The molecular weight excluding hydrogens is 178 g/mol. The van der Waals surface area contributed by atoms with Gasteiger partial charge in [-0.2, -0.15) is 0 Å². The molecule has 1 aromatic heterocycles. The van der Waals surface area contributed by atoms with Crippen LogP contribution in [0.3, 0.4) is 0 Å². The van der Waals surface area contributed by atoms with E-state index in [1.165, 1.54) is 0 Å². The number of aryl methyl sites for hydroxylation is 1. The summed E-state index contributed by atoms with van der Waals surface area (Å²) in [6, 6.07) is 1.84. The van der Waals surface area contributed by atoms with Crippen molar-refractivity contribution in [3.05, 3.63) is 18.1 Å². The molecule has 0 aromatic carbocycles. The molecule has 0 aliphatic rings. The van der Waals surface area contributed by atoms with Crippen molar-refractivity contribution in [3.63, 3.8) is 0 Å². The lowest BCUT2D eigenvalue weighted by Gasteiger charge is -2.34. The van der Waals surface area contributed by atoms with E-state index in [2.05, 4.69) is 9.97 Å². The van der Waals surface area contributed by atoms with Crippen LogP contribution in [0.2, 0.25) is 0 Å². The number of nitrogens with zero attached hydrogens (tertiary/aromatic N) is 3. The van der Waals surface area contributed by atoms with E-state index in [9.17, 15) is 5.11 Å². The Kier molecular flexibility index (Phi) is 3.06. The van der Waals surface area contributed by atoms with E-state index >= 15 is 0 Å². The van der Waals surface area contributed by atoms with Crippen LogP contribution in [0.1, 0.15) is 19.7 Å². The third-order valence-electron chi connectivity index (χ3n) is 2.40. The van der Waals surface area contributed by atoms with Crippen molar-refractivity contribution in [2.45, 2.75) is 26.3 Å². The Bertz CT molecular complexity index is 312. The summed E-state index contributed by atoms with van der Waals surface area (Å²) in [7, 11) is 1.91. The maximum Gasteiger partial charge on any atom is 0.132 e. The van der Waals surface area contributed by atoms with Gasteiger partial charge in [-0.25, -0.2) is 9.97 Å². The van der Waals surface area contributed by atoms with Crippen LogP contribution in [0.25, 0.3) is 0 Å². The van der Waals surface area contributed by atoms with Crippen LogP contribution in [-0.4, -0.2) is 34.3 Å². The molecule has 0 radical (unpaired) electrons. The molecule has 1 N–H and O–H groups in total. The molecule has 0 saturated carbocycles. The third-order valence-corrected chi connectivity index (χ3v) is 2.40. The van der Waals surface area contributed by atoms with E-state index in [-0.39, 0.29) is 12.1 Å². The molecule has 4 nitrogen and oxygen atoms in total. The molecule has 78 valence electrons. The maximum absolute atomic E-state index is 9.21. The van der Waals surface area contributed by atoms with Gasteiger partial charge < -0.3 is 10.0 Å². The molecule has 14 heavy (non-hydrogen) atoms. The average Bonchev–Trinajstić information content (AvgIpc) is 2.16. The lowest BCUT2D eigenvalue weighted by atomic mass is 10.1. The Balaban J connectivity index is 2.94. The van der Waals surface area contributed by atoms with Crippen molar-refractivity contribution in [2.24, 2.45) is 0 Å². The number of aliphatic hydroxyl groups excluding tert-OH is 1. The number of aromatic nitrogens is 2. The fraction of sp³-hybridized carbons (Fsp3) is 0.600. The Hall–Kier alpha value is -1.16. The summed E-state index contributed by atoms with van der Waals surface area (Å²) in [5, 5.41) is 9.21. The Morgan fingerprint density at radius 1 is 1.50 bits per heavy atom. The van der Waals surface area contributed by atoms with Crippen LogP contribution in [0.5, 0.6) is 0 Å². The first kappa shape index (κ1) is 10.9. The monoisotopic (exact) mass is 195 g/mol. The first-order chi connectivity index (χ1) is 6.47. The van der Waals surface area contributed by atoms with Gasteiger partial charge in [0.05, 0.1) is 12.1 Å². The molecule has 4 heteroatoms. The first-order valence-electron chi connectivity index (χ1n) is 4.62. The summed E-state index contributed by atoms with van der Waals surface area (Å²) in [6.45, 7) is 5.87. The highest BCUT2D eigenvalue weighted by molar-refractivity contribution is 5.39. The fourth-order valence-corrected chi connectivity index (χ4v) is 1.05. The molecule has 0 amide bonds. The van der Waals surface area contributed by atoms with Gasteiger partial charge in [0.2, 0.25) is 0 Å². The number of hydrogen-bond donors (Lipinski definition) is 1. The predicted molar refractivity (Wildman–Crippen MR) is 56.3 cm³/mol. The minimum atomic E-state index is -0.305. The number of hydrogen-bond acceptors (Lipinski definition) is 4. The van der Waals surface area contributed by atoms with Crippen LogP contribution < -0.4 is 4.90 Å². The summed E-state index contributed by atoms with van der Waals surface area (Å²) in [6.07, 6.45) is 1.72. The summed E-state index contributed by atoms with van der Waals surface area (Å²) >= 11 is 0. The SMILES string of the molecule is Cc1nccc(N(C)C(C)(C)CO)n1. The second-order valence-corrected chi connectivity index (χ2v) is 3.99. The van der Waals surface area contributed by atoms with Crippen LogP contribution in [-0.2, 0) is 0 Å². The minimum Gasteiger partial charge on any atom is -0.394 e. The molecule has 1 rings (SSSR count). The minimum absolute atomic E-state index is 0.0898. The molecule has 0 atom stereocenters. The molecule has 0 fully saturated rings. The number of likely N-dealkylation sites (N-methyl/N-ethyl adjacent to an activating group) is 1. The topological polar surface area (TPSA) is 49.2 Å². The molecule has 0 bridgehead atoms. The first-order valence-corrected chi connectivity index (χ1v) is 4.62. The van der Waals surface area contributed by atoms with Gasteiger partial charge in [-0.15, -0.1) is 0 Å². The molecule has 1 aromatic rings. The number of aliphatic hydroxyl groups is 1. The molecule has 0 unspecified atom stereocenters. The van der Waals surface area contributed by atoms with E-state index in [0.29, 0.717) is 0 Å². The van der Waals surface area contributed by atoms with Crippen molar-refractivity contribution in [1.82, 2.24) is 9.97 Å². The van der Waals surface area contributed by atoms with Gasteiger partial charge in [-0.3, -0.25) is 0 Å². The van der Waals surface area contributed by atoms with Gasteiger partial charge in [-0.1, -0.05) is 0 Å². The molecule has 0 spiro atoms. The molecule has 0 aliphatic heterocycles. The smallest absolute Gasteiger partial charge is 0.132 e. The Labute approximate surface area is 84.6 Å². The zero-order valence-electron chi connectivity index (χ0n) is 9.15. The summed E-state index contributed by atoms with van der Waals surface area (Å²) in [4.78, 5) is 10.3. The van der Waals surface area contributed by atoms with Gasteiger partial charge in [-0.05, 0) is 26.8 Å². The van der Waals surface area contributed by atoms with E-state index in [0.717, 1.165) is 11.6 Å². The largest absolute Gasteiger partial charge is 0.394 e. The Morgan fingerprint density at radius 3 is 2.64 bits per heavy atom. The van der Waals surface area contributed by atoms with Crippen molar-refractivity contribution in [2.75, 3.05) is 18.6 Å². The van der Waals surface area contributed by atoms with Crippen LogP contribution in [0.4, 0.5) is 5.82 Å². The summed E-state index contributed by atoms with van der Waals surface area (Å²) < 4.78 is 0. The summed E-state index contributed by atoms with van der Waals surface area (Å²) in [5.74, 6) is 1.57. The zero-order valence-corrected chi connectivity index (χ0v) is 9.15. The quantitative estimate of drug-likeness (QED) is 0.781. The third kappa shape index (κ3) is 2.20. The maximum atomic E-state index is 9.21. The molecule has 0 aliphatic carbocycles. The Morgan fingerprint density at radius 2 is 2.14 bits per heavy atom. The van der Waals surface area contributed by atoms with Crippen molar-refractivity contribution >= 4 is 5.82 Å². The van der Waals surface area contributed by atoms with Crippen molar-refractivity contribution < 1.29 is 5.11 Å². The summed E-state index contributed by atoms with van der Waals surface area (Å²) in [5.41, 5.74) is -0.305. The molecule has 0 saturated heterocycles. The van der Waals surface area contributed by atoms with Crippen molar-refractivity contribution in [1.29, 1.82) is 0 Å². The average molecular weight is 195 g/mol. The van der Waals surface area contributed by atoms with E-state index in [4.69, 9.17) is 0 Å². The van der Waals surface area contributed by atoms with Crippen LogP contribution >= 0.6 is 0 Å². The van der Waals surface area contributed by atoms with Crippen molar-refractivity contribution in [3.8, 4) is 0 Å². The highest BCUT2D eigenvalue weighted by Gasteiger charge is 2.23. The lowest BCUT2D eigenvalue weighted by Crippen LogP contribution is -2.44. The standard InChI is InChI=1S/C10H17N3O/c1-8-11-6-5-9(12-8)13(4)10(2,3)7-14/h5-6,14H,7H2,1-4H3. The van der Waals surface area contributed by atoms with Gasteiger partial charge in [0.25, 0.3) is 0 Å². The second-order valence-electron chi connectivity index (χ2n) is 3.99. The normalized spacial score (nSPS) is 11.5. The number of rotatable bonds is 3. The van der Waals surface area contributed by atoms with Crippen LogP contribution in [0.15, 0.2) is 12.3 Å². The number of anilines is 1. The highest BCUT2D eigenvalue weighted by atomic mass is 16.3. The lowest BCUT2D eigenvalue weighted by molar-refractivity contribution is 0.215. The van der Waals surface area contributed by atoms with Gasteiger partial charge in [0, 0.05) is 13.2 Å². The highest BCUT2D eigenvalue weighted by Crippen LogP contribution is 2.18. The van der Waals surface area contributed by atoms with Gasteiger partial charge in [0.15, 0.2) is 0 Å². The van der Waals surface area contributed by atoms with Crippen LogP contribution in [0, 0.1) is 6.92 Å². The molecular formula is C10H17N3O. The van der Waals surface area contributed by atoms with E-state index in [1.807, 2.05) is 38.8 Å². The molecule has 1 heterocycles. The van der Waals surface area contributed by atoms with Gasteiger partial charge >= 0.3 is 0 Å².